The number of nitrogens with two attached hydrogens (primary N) is 1. The lowest BCUT2D eigenvalue weighted by molar-refractivity contribution is 0.389. The van der Waals surface area contributed by atoms with Crippen LogP contribution in [0.2, 0.25) is 0 Å². The third kappa shape index (κ3) is 4.34. The van der Waals surface area contributed by atoms with Crippen molar-refractivity contribution < 1.29 is 17.9 Å². The van der Waals surface area contributed by atoms with E-state index in [4.69, 9.17) is 15.2 Å². The van der Waals surface area contributed by atoms with Gasteiger partial charge in [-0.25, -0.2) is 13.1 Å². The van der Waals surface area contributed by atoms with Crippen LogP contribution in [0.15, 0.2) is 21.5 Å². The first kappa shape index (κ1) is 17.2. The summed E-state index contributed by atoms with van der Waals surface area (Å²) in [5.41, 5.74) is 5.13. The maximum absolute atomic E-state index is 12.3. The highest BCUT2D eigenvalue weighted by Gasteiger charge is 2.24. The summed E-state index contributed by atoms with van der Waals surface area (Å²) in [5.74, 6) is 0.623. The molecule has 0 aliphatic carbocycles. The predicted molar refractivity (Wildman–Crippen MR) is 80.7 cm³/mol. The molecule has 8 heteroatoms. The highest BCUT2D eigenvalue weighted by atomic mass is 79.9. The first-order valence-electron chi connectivity index (χ1n) is 5.81. The van der Waals surface area contributed by atoms with Gasteiger partial charge in [0.25, 0.3) is 0 Å². The Morgan fingerprint density at radius 1 is 1.25 bits per heavy atom. The Bertz CT molecular complexity index is 582. The topological polar surface area (TPSA) is 90.7 Å². The van der Waals surface area contributed by atoms with Crippen molar-refractivity contribution in [2.45, 2.75) is 24.3 Å². The SMILES string of the molecule is COc1cc(S(=O)(=O)NCC(C)(C)N)c(OC)cc1Br. The van der Waals surface area contributed by atoms with Gasteiger partial charge >= 0.3 is 0 Å². The van der Waals surface area contributed by atoms with Crippen LogP contribution in [0, 0.1) is 0 Å². The summed E-state index contributed by atoms with van der Waals surface area (Å²) in [7, 11) is -0.881. The van der Waals surface area contributed by atoms with E-state index in [1.807, 2.05) is 0 Å². The average molecular weight is 367 g/mol. The standard InChI is InChI=1S/C12H19BrN2O4S/c1-12(2,14)7-15-20(16,17)11-6-9(18-3)8(13)5-10(11)19-4/h5-6,15H,7,14H2,1-4H3. The van der Waals surface area contributed by atoms with Crippen LogP contribution in [0.1, 0.15) is 13.8 Å². The van der Waals surface area contributed by atoms with Crippen molar-refractivity contribution >= 4 is 26.0 Å². The van der Waals surface area contributed by atoms with E-state index < -0.39 is 15.6 Å². The van der Waals surface area contributed by atoms with Gasteiger partial charge in [0.2, 0.25) is 10.0 Å². The fourth-order valence-corrected chi connectivity index (χ4v) is 3.27. The number of nitrogens with one attached hydrogen (secondary N) is 1. The molecule has 0 heterocycles. The smallest absolute Gasteiger partial charge is 0.244 e. The van der Waals surface area contributed by atoms with Gasteiger partial charge < -0.3 is 15.2 Å². The van der Waals surface area contributed by atoms with Crippen molar-refractivity contribution in [2.75, 3.05) is 20.8 Å². The Labute approximate surface area is 127 Å². The molecule has 0 unspecified atom stereocenters. The highest BCUT2D eigenvalue weighted by Crippen LogP contribution is 2.35. The second-order valence-corrected chi connectivity index (χ2v) is 7.54. The van der Waals surface area contributed by atoms with E-state index in [0.717, 1.165) is 0 Å². The van der Waals surface area contributed by atoms with Crippen LogP contribution in [-0.2, 0) is 10.0 Å². The van der Waals surface area contributed by atoms with Gasteiger partial charge in [0.05, 0.1) is 18.7 Å². The van der Waals surface area contributed by atoms with E-state index in [-0.39, 0.29) is 17.2 Å². The highest BCUT2D eigenvalue weighted by molar-refractivity contribution is 9.10. The van der Waals surface area contributed by atoms with Gasteiger partial charge in [-0.3, -0.25) is 0 Å². The van der Waals surface area contributed by atoms with Gasteiger partial charge in [0.1, 0.15) is 16.4 Å². The van der Waals surface area contributed by atoms with Gasteiger partial charge in [0, 0.05) is 18.2 Å². The first-order chi connectivity index (χ1) is 9.10. The van der Waals surface area contributed by atoms with Crippen LogP contribution < -0.4 is 19.9 Å². The lowest BCUT2D eigenvalue weighted by Gasteiger charge is -2.20. The van der Waals surface area contributed by atoms with Crippen LogP contribution in [-0.4, -0.2) is 34.7 Å². The second kappa shape index (κ2) is 6.30. The molecule has 0 fully saturated rings. The van der Waals surface area contributed by atoms with Crippen LogP contribution in [0.3, 0.4) is 0 Å². The summed E-state index contributed by atoms with van der Waals surface area (Å²) < 4.78 is 37.9. The van der Waals surface area contributed by atoms with Crippen molar-refractivity contribution in [1.29, 1.82) is 0 Å². The van der Waals surface area contributed by atoms with Crippen molar-refractivity contribution in [1.82, 2.24) is 4.72 Å². The summed E-state index contributed by atoms with van der Waals surface area (Å²) in [6, 6.07) is 2.94. The molecule has 0 aliphatic rings. The Kier molecular flexibility index (Phi) is 5.42. The zero-order valence-corrected chi connectivity index (χ0v) is 14.3. The molecule has 20 heavy (non-hydrogen) atoms. The van der Waals surface area contributed by atoms with E-state index in [9.17, 15) is 8.42 Å². The molecule has 6 nitrogen and oxygen atoms in total. The third-order valence-corrected chi connectivity index (χ3v) is 4.49. The fourth-order valence-electron chi connectivity index (χ4n) is 1.40. The molecule has 3 N–H and O–H groups in total. The lowest BCUT2D eigenvalue weighted by Crippen LogP contribution is -2.45. The van der Waals surface area contributed by atoms with Gasteiger partial charge in [-0.05, 0) is 35.8 Å². The predicted octanol–water partition coefficient (Wildman–Crippen LogP) is 1.48. The monoisotopic (exact) mass is 366 g/mol. The number of hydrogen-bond acceptors (Lipinski definition) is 5. The molecule has 114 valence electrons. The molecule has 0 amide bonds. The van der Waals surface area contributed by atoms with Crippen LogP contribution >= 0.6 is 15.9 Å². The van der Waals surface area contributed by atoms with Crippen molar-refractivity contribution in [3.63, 3.8) is 0 Å². The molecule has 0 bridgehead atoms. The molecule has 0 atom stereocenters. The van der Waals surface area contributed by atoms with Crippen LogP contribution in [0.5, 0.6) is 11.5 Å². The normalized spacial score (nSPS) is 12.3. The van der Waals surface area contributed by atoms with E-state index in [0.29, 0.717) is 10.2 Å². The maximum Gasteiger partial charge on any atom is 0.244 e. The number of rotatable bonds is 6. The summed E-state index contributed by atoms with van der Waals surface area (Å²) >= 11 is 3.28. The molecule has 1 rings (SSSR count). The third-order valence-electron chi connectivity index (χ3n) is 2.45. The molecule has 1 aromatic carbocycles. The van der Waals surface area contributed by atoms with E-state index >= 15 is 0 Å². The quantitative estimate of drug-likeness (QED) is 0.795. The maximum atomic E-state index is 12.3. The fraction of sp³-hybridized carbons (Fsp3) is 0.500. The first-order valence-corrected chi connectivity index (χ1v) is 8.08. The average Bonchev–Trinajstić information content (AvgIpc) is 2.35. The molecular formula is C12H19BrN2O4S. The van der Waals surface area contributed by atoms with E-state index in [1.165, 1.54) is 20.3 Å². The number of benzene rings is 1. The number of methoxy groups -OCH3 is 2. The Hall–Kier alpha value is -0.830. The van der Waals surface area contributed by atoms with E-state index in [1.54, 1.807) is 19.9 Å². The summed E-state index contributed by atoms with van der Waals surface area (Å²) in [6.45, 7) is 3.57. The van der Waals surface area contributed by atoms with Crippen molar-refractivity contribution in [3.05, 3.63) is 16.6 Å². The summed E-state index contributed by atoms with van der Waals surface area (Å²) in [4.78, 5) is 0.00398. The molecule has 0 saturated carbocycles. The van der Waals surface area contributed by atoms with Gasteiger partial charge in [-0.1, -0.05) is 0 Å². The zero-order chi connectivity index (χ0) is 15.6. The molecule has 1 aromatic rings. The minimum Gasteiger partial charge on any atom is -0.496 e. The zero-order valence-electron chi connectivity index (χ0n) is 11.9. The number of halogens is 1. The molecule has 0 radical (unpaired) electrons. The molecule has 0 saturated heterocycles. The molecule has 0 spiro atoms. The minimum atomic E-state index is -3.74. The number of ether oxygens (including phenoxy) is 2. The van der Waals surface area contributed by atoms with Gasteiger partial charge in [0.15, 0.2) is 0 Å². The summed E-state index contributed by atoms with van der Waals surface area (Å²) in [6.07, 6.45) is 0. The molecular weight excluding hydrogens is 348 g/mol. The van der Waals surface area contributed by atoms with Crippen LogP contribution in [0.4, 0.5) is 0 Å². The Morgan fingerprint density at radius 3 is 2.25 bits per heavy atom. The van der Waals surface area contributed by atoms with Gasteiger partial charge in [-0.15, -0.1) is 0 Å². The Balaban J connectivity index is 3.23. The number of sulfonamides is 1. The van der Waals surface area contributed by atoms with E-state index in [2.05, 4.69) is 20.7 Å². The van der Waals surface area contributed by atoms with Gasteiger partial charge in [-0.2, -0.15) is 0 Å². The molecule has 0 aliphatic heterocycles. The van der Waals surface area contributed by atoms with Crippen LogP contribution in [0.25, 0.3) is 0 Å². The van der Waals surface area contributed by atoms with Crippen molar-refractivity contribution in [2.24, 2.45) is 5.73 Å². The van der Waals surface area contributed by atoms with Crippen molar-refractivity contribution in [3.8, 4) is 11.5 Å². The molecule has 0 aromatic heterocycles. The largest absolute Gasteiger partial charge is 0.496 e. The second-order valence-electron chi connectivity index (χ2n) is 4.95. The lowest BCUT2D eigenvalue weighted by atomic mass is 10.1. The summed E-state index contributed by atoms with van der Waals surface area (Å²) in [5, 5.41) is 0. The number of hydrogen-bond donors (Lipinski definition) is 2. The minimum absolute atomic E-state index is 0.00398. The Morgan fingerprint density at radius 2 is 1.80 bits per heavy atom.